The van der Waals surface area contributed by atoms with Gasteiger partial charge in [0.25, 0.3) is 0 Å². The minimum absolute atomic E-state index is 0.133. The number of hydrogen-bond acceptors (Lipinski definition) is 7. The molecule has 0 unspecified atom stereocenters. The Morgan fingerprint density at radius 2 is 2.05 bits per heavy atom. The number of rotatable bonds is 8. The molecule has 0 radical (unpaired) electrons. The van der Waals surface area contributed by atoms with Crippen molar-refractivity contribution in [2.75, 3.05) is 31.7 Å². The highest BCUT2D eigenvalue weighted by Gasteiger charge is 2.71. The molecule has 192 valence electrons. The summed E-state index contributed by atoms with van der Waals surface area (Å²) in [5.74, 6) is 0.950. The number of anilines is 1. The van der Waals surface area contributed by atoms with Gasteiger partial charge in [-0.3, -0.25) is 9.78 Å². The van der Waals surface area contributed by atoms with Crippen molar-refractivity contribution in [1.29, 1.82) is 0 Å². The van der Waals surface area contributed by atoms with E-state index in [2.05, 4.69) is 16.3 Å². The molecule has 1 saturated carbocycles. The molecule has 1 saturated heterocycles. The van der Waals surface area contributed by atoms with Crippen molar-refractivity contribution in [2.24, 2.45) is 11.3 Å². The van der Waals surface area contributed by atoms with E-state index in [-0.39, 0.29) is 12.0 Å². The van der Waals surface area contributed by atoms with E-state index >= 15 is 0 Å². The van der Waals surface area contributed by atoms with E-state index in [0.29, 0.717) is 26.2 Å². The zero-order valence-electron chi connectivity index (χ0n) is 21.2. The molecule has 2 fully saturated rings. The van der Waals surface area contributed by atoms with Crippen LogP contribution in [0.1, 0.15) is 28.9 Å². The van der Waals surface area contributed by atoms with Crippen molar-refractivity contribution >= 4 is 11.8 Å². The number of nitrogens with zero attached hydrogens (tertiary/aromatic N) is 3. The fourth-order valence-corrected chi connectivity index (χ4v) is 6.07. The van der Waals surface area contributed by atoms with Crippen molar-refractivity contribution in [2.45, 2.75) is 39.0 Å². The third-order valence-electron chi connectivity index (χ3n) is 8.12. The third-order valence-corrected chi connectivity index (χ3v) is 8.12. The van der Waals surface area contributed by atoms with Crippen LogP contribution in [0.3, 0.4) is 0 Å². The van der Waals surface area contributed by atoms with Gasteiger partial charge in [0, 0.05) is 44.4 Å². The lowest BCUT2D eigenvalue weighted by atomic mass is 9.97. The standard InChI is InChI=1S/C29H32N4O4/c1-18-5-3-6-22(27(18)37-16-21-10-9-19-14-30-12-11-23(19)31-21)24-7-4-8-26(32-24)33-15-20-13-29(20,28(34)35)25(33)17-36-2/h3-10,20,25,30H,11-17H2,1-2H3,(H,34,35)/t20-,25+,29+/m0/s1. The molecule has 8 heteroatoms. The van der Waals surface area contributed by atoms with Gasteiger partial charge in [0.15, 0.2) is 0 Å². The molecule has 1 aliphatic carbocycles. The quantitative estimate of drug-likeness (QED) is 0.484. The Morgan fingerprint density at radius 3 is 2.89 bits per heavy atom. The lowest BCUT2D eigenvalue weighted by molar-refractivity contribution is -0.144. The van der Waals surface area contributed by atoms with E-state index < -0.39 is 11.4 Å². The highest BCUT2D eigenvalue weighted by molar-refractivity contribution is 5.82. The molecule has 4 heterocycles. The average molecular weight is 501 g/mol. The molecule has 0 spiro atoms. The number of methoxy groups -OCH3 is 1. The van der Waals surface area contributed by atoms with Gasteiger partial charge in [-0.05, 0) is 54.7 Å². The van der Waals surface area contributed by atoms with E-state index in [1.54, 1.807) is 7.11 Å². The summed E-state index contributed by atoms with van der Waals surface area (Å²) in [6, 6.07) is 15.9. The average Bonchev–Trinajstić information content (AvgIpc) is 3.56. The molecule has 3 aromatic rings. The number of nitrogens with one attached hydrogen (secondary N) is 1. The van der Waals surface area contributed by atoms with Gasteiger partial charge < -0.3 is 24.8 Å². The SMILES string of the molecule is COC[C@H]1N(c2cccc(-c3cccc(C)c3OCc3ccc4c(n3)CCNC4)n2)C[C@@H]2C[C@@]21C(=O)O. The zero-order chi connectivity index (χ0) is 25.6. The van der Waals surface area contributed by atoms with Gasteiger partial charge in [-0.15, -0.1) is 0 Å². The van der Waals surface area contributed by atoms with Gasteiger partial charge in [0.1, 0.15) is 18.2 Å². The molecular formula is C29H32N4O4. The van der Waals surface area contributed by atoms with Gasteiger partial charge in [0.2, 0.25) is 0 Å². The van der Waals surface area contributed by atoms with E-state index in [4.69, 9.17) is 19.4 Å². The fourth-order valence-electron chi connectivity index (χ4n) is 6.07. The summed E-state index contributed by atoms with van der Waals surface area (Å²) in [5.41, 5.74) is 5.30. The number of ether oxygens (including phenoxy) is 2. The largest absolute Gasteiger partial charge is 0.486 e. The number of hydrogen-bond donors (Lipinski definition) is 2. The number of aryl methyl sites for hydroxylation is 1. The lowest BCUT2D eigenvalue weighted by Gasteiger charge is -2.31. The lowest BCUT2D eigenvalue weighted by Crippen LogP contribution is -2.43. The predicted octanol–water partition coefficient (Wildman–Crippen LogP) is 3.60. The number of fused-ring (bicyclic) bond motifs is 2. The number of carboxylic acid groups (broad SMARTS) is 1. The number of benzene rings is 1. The van der Waals surface area contributed by atoms with Crippen LogP contribution in [0.2, 0.25) is 0 Å². The van der Waals surface area contributed by atoms with Gasteiger partial charge >= 0.3 is 5.97 Å². The molecule has 0 bridgehead atoms. The maximum Gasteiger partial charge on any atom is 0.312 e. The summed E-state index contributed by atoms with van der Waals surface area (Å²) in [6.07, 6.45) is 1.63. The summed E-state index contributed by atoms with van der Waals surface area (Å²) in [4.78, 5) is 24.1. The van der Waals surface area contributed by atoms with E-state index in [0.717, 1.165) is 59.3 Å². The highest BCUT2D eigenvalue weighted by atomic mass is 16.5. The second kappa shape index (κ2) is 9.43. The van der Waals surface area contributed by atoms with Crippen molar-refractivity contribution < 1.29 is 19.4 Å². The Balaban J connectivity index is 1.27. The molecule has 2 N–H and O–H groups in total. The maximum absolute atomic E-state index is 12.1. The number of aromatic nitrogens is 2. The van der Waals surface area contributed by atoms with Crippen LogP contribution in [-0.4, -0.2) is 53.9 Å². The summed E-state index contributed by atoms with van der Waals surface area (Å²) in [7, 11) is 1.62. The molecule has 3 aliphatic rings. The monoisotopic (exact) mass is 500 g/mol. The zero-order valence-corrected chi connectivity index (χ0v) is 21.2. The molecule has 3 atom stereocenters. The van der Waals surface area contributed by atoms with Crippen LogP contribution in [0.4, 0.5) is 5.82 Å². The number of piperidine rings is 1. The molecule has 37 heavy (non-hydrogen) atoms. The minimum Gasteiger partial charge on any atom is -0.486 e. The first-order chi connectivity index (χ1) is 18.0. The number of carbonyl (C=O) groups is 1. The van der Waals surface area contributed by atoms with E-state index in [1.807, 2.05) is 49.4 Å². The first kappa shape index (κ1) is 23.9. The van der Waals surface area contributed by atoms with Crippen LogP contribution in [-0.2, 0) is 29.1 Å². The Bertz CT molecular complexity index is 1350. The minimum atomic E-state index is -0.736. The van der Waals surface area contributed by atoms with Crippen LogP contribution in [0.25, 0.3) is 11.3 Å². The number of pyridine rings is 2. The van der Waals surface area contributed by atoms with Gasteiger partial charge in [-0.2, -0.15) is 0 Å². The Hall–Kier alpha value is -3.49. The normalized spacial score (nSPS) is 23.9. The van der Waals surface area contributed by atoms with Gasteiger partial charge in [-0.25, -0.2) is 4.98 Å². The van der Waals surface area contributed by atoms with Crippen molar-refractivity contribution in [3.05, 3.63) is 71.0 Å². The number of para-hydroxylation sites is 1. The van der Waals surface area contributed by atoms with Crippen molar-refractivity contribution in [3.8, 4) is 17.0 Å². The third kappa shape index (κ3) is 4.14. The molecule has 2 aromatic heterocycles. The van der Waals surface area contributed by atoms with Crippen molar-refractivity contribution in [1.82, 2.24) is 15.3 Å². The summed E-state index contributed by atoms with van der Waals surface area (Å²) >= 11 is 0. The van der Waals surface area contributed by atoms with Crippen LogP contribution in [0.15, 0.2) is 48.5 Å². The maximum atomic E-state index is 12.1. The fraction of sp³-hybridized carbons (Fsp3) is 0.414. The topological polar surface area (TPSA) is 96.8 Å². The molecular weight excluding hydrogens is 468 g/mol. The molecule has 2 aliphatic heterocycles. The summed E-state index contributed by atoms with van der Waals surface area (Å²) in [5, 5.41) is 13.3. The Morgan fingerprint density at radius 1 is 1.19 bits per heavy atom. The molecule has 0 amide bonds. The summed E-state index contributed by atoms with van der Waals surface area (Å²) in [6.45, 7) is 5.26. The second-order valence-electron chi connectivity index (χ2n) is 10.3. The van der Waals surface area contributed by atoms with Crippen LogP contribution in [0, 0.1) is 18.3 Å². The highest BCUT2D eigenvalue weighted by Crippen LogP contribution is 2.62. The van der Waals surface area contributed by atoms with Crippen LogP contribution < -0.4 is 15.0 Å². The Kier molecular flexibility index (Phi) is 6.09. The summed E-state index contributed by atoms with van der Waals surface area (Å²) < 4.78 is 11.8. The molecule has 1 aromatic carbocycles. The smallest absolute Gasteiger partial charge is 0.312 e. The molecule has 8 nitrogen and oxygen atoms in total. The first-order valence-corrected chi connectivity index (χ1v) is 12.9. The van der Waals surface area contributed by atoms with E-state index in [1.165, 1.54) is 5.56 Å². The first-order valence-electron chi connectivity index (χ1n) is 12.9. The Labute approximate surface area is 216 Å². The number of carboxylic acids is 1. The van der Waals surface area contributed by atoms with Gasteiger partial charge in [0.05, 0.1) is 29.5 Å². The van der Waals surface area contributed by atoms with Crippen molar-refractivity contribution in [3.63, 3.8) is 0 Å². The second-order valence-corrected chi connectivity index (χ2v) is 10.3. The molecule has 6 rings (SSSR count). The predicted molar refractivity (Wildman–Crippen MR) is 140 cm³/mol. The van der Waals surface area contributed by atoms with Gasteiger partial charge in [-0.1, -0.05) is 24.3 Å². The number of aliphatic carboxylic acids is 1. The van der Waals surface area contributed by atoms with Crippen LogP contribution in [0.5, 0.6) is 5.75 Å². The van der Waals surface area contributed by atoms with E-state index in [9.17, 15) is 9.90 Å². The van der Waals surface area contributed by atoms with Crippen LogP contribution >= 0.6 is 0 Å².